The van der Waals surface area contributed by atoms with Crippen molar-refractivity contribution in [2.45, 2.75) is 58.4 Å². The summed E-state index contributed by atoms with van der Waals surface area (Å²) in [6.07, 6.45) is 7.48. The van der Waals surface area contributed by atoms with E-state index in [1.807, 2.05) is 6.07 Å². The van der Waals surface area contributed by atoms with Crippen molar-refractivity contribution >= 4 is 21.4 Å². The maximum absolute atomic E-state index is 13.3. The molecule has 0 radical (unpaired) electrons. The SMILES string of the molecule is CCCCCCC(NCCC)c1cc2cc(F)ccc2s1. The van der Waals surface area contributed by atoms with Crippen LogP contribution < -0.4 is 5.32 Å². The Balaban J connectivity index is 2.09. The van der Waals surface area contributed by atoms with Crippen molar-refractivity contribution in [3.8, 4) is 0 Å². The Hall–Kier alpha value is -0.930. The standard InChI is InChI=1S/C18H26FNS/c1-3-5-6-7-8-16(20-11-4-2)18-13-14-12-15(19)9-10-17(14)21-18/h9-10,12-13,16,20H,3-8,11H2,1-2H3. The smallest absolute Gasteiger partial charge is 0.123 e. The fourth-order valence-electron chi connectivity index (χ4n) is 2.65. The topological polar surface area (TPSA) is 12.0 Å². The predicted octanol–water partition coefficient (Wildman–Crippen LogP) is 6.05. The van der Waals surface area contributed by atoms with E-state index in [9.17, 15) is 4.39 Å². The fraction of sp³-hybridized carbons (Fsp3) is 0.556. The molecule has 3 heteroatoms. The van der Waals surface area contributed by atoms with Crippen LogP contribution in [0, 0.1) is 5.82 Å². The van der Waals surface area contributed by atoms with Crippen LogP contribution in [0.4, 0.5) is 4.39 Å². The predicted molar refractivity (Wildman–Crippen MR) is 91.6 cm³/mol. The van der Waals surface area contributed by atoms with E-state index >= 15 is 0 Å². The van der Waals surface area contributed by atoms with Gasteiger partial charge in [-0.15, -0.1) is 11.3 Å². The average molecular weight is 307 g/mol. The lowest BCUT2D eigenvalue weighted by molar-refractivity contribution is 0.476. The number of unbranched alkanes of at least 4 members (excludes halogenated alkanes) is 3. The molecule has 0 saturated heterocycles. The third kappa shape index (κ3) is 4.79. The molecular formula is C18H26FNS. The molecule has 2 rings (SSSR count). The summed E-state index contributed by atoms with van der Waals surface area (Å²) >= 11 is 1.80. The molecule has 1 nitrogen and oxygen atoms in total. The largest absolute Gasteiger partial charge is 0.309 e. The molecule has 0 saturated carbocycles. The van der Waals surface area contributed by atoms with Crippen molar-refractivity contribution < 1.29 is 4.39 Å². The zero-order valence-corrected chi connectivity index (χ0v) is 13.9. The second kappa shape index (κ2) is 8.50. The first-order chi connectivity index (χ1) is 10.2. The summed E-state index contributed by atoms with van der Waals surface area (Å²) in [5.41, 5.74) is 0. The molecule has 0 spiro atoms. The number of hydrogen-bond acceptors (Lipinski definition) is 2. The molecule has 1 unspecified atom stereocenters. The number of halogens is 1. The maximum Gasteiger partial charge on any atom is 0.123 e. The molecule has 116 valence electrons. The van der Waals surface area contributed by atoms with Gasteiger partial charge in [-0.1, -0.05) is 39.5 Å². The van der Waals surface area contributed by atoms with E-state index in [2.05, 4.69) is 25.2 Å². The number of benzene rings is 1. The molecule has 0 aliphatic heterocycles. The molecule has 0 bridgehead atoms. The lowest BCUT2D eigenvalue weighted by Crippen LogP contribution is -2.21. The van der Waals surface area contributed by atoms with Crippen LogP contribution in [0.5, 0.6) is 0 Å². The third-order valence-electron chi connectivity index (χ3n) is 3.83. The first kappa shape index (κ1) is 16.4. The number of rotatable bonds is 9. The lowest BCUT2D eigenvalue weighted by Gasteiger charge is -2.17. The summed E-state index contributed by atoms with van der Waals surface area (Å²) in [7, 11) is 0. The fourth-order valence-corrected chi connectivity index (χ4v) is 3.80. The summed E-state index contributed by atoms with van der Waals surface area (Å²) in [5.74, 6) is -0.145. The Morgan fingerprint density at radius 1 is 1.10 bits per heavy atom. The summed E-state index contributed by atoms with van der Waals surface area (Å²) in [4.78, 5) is 1.35. The molecule has 0 fully saturated rings. The Kier molecular flexibility index (Phi) is 6.65. The summed E-state index contributed by atoms with van der Waals surface area (Å²) < 4.78 is 14.5. The van der Waals surface area contributed by atoms with E-state index in [1.54, 1.807) is 23.5 Å². The van der Waals surface area contributed by atoms with Gasteiger partial charge in [-0.25, -0.2) is 4.39 Å². The van der Waals surface area contributed by atoms with E-state index in [1.165, 1.54) is 41.7 Å². The van der Waals surface area contributed by atoms with E-state index in [-0.39, 0.29) is 5.82 Å². The number of hydrogen-bond donors (Lipinski definition) is 1. The van der Waals surface area contributed by atoms with E-state index in [0.717, 1.165) is 18.4 Å². The monoisotopic (exact) mass is 307 g/mol. The van der Waals surface area contributed by atoms with Crippen LogP contribution >= 0.6 is 11.3 Å². The molecule has 2 aromatic rings. The van der Waals surface area contributed by atoms with Gasteiger partial charge in [-0.3, -0.25) is 0 Å². The van der Waals surface area contributed by atoms with Crippen LogP contribution in [0.15, 0.2) is 24.3 Å². The minimum absolute atomic E-state index is 0.145. The molecule has 1 N–H and O–H groups in total. The molecule has 1 aromatic carbocycles. The first-order valence-electron chi connectivity index (χ1n) is 8.17. The van der Waals surface area contributed by atoms with Gasteiger partial charge >= 0.3 is 0 Å². The van der Waals surface area contributed by atoms with Crippen molar-refractivity contribution in [3.63, 3.8) is 0 Å². The highest BCUT2D eigenvalue weighted by atomic mass is 32.1. The molecule has 1 heterocycles. The van der Waals surface area contributed by atoms with E-state index in [0.29, 0.717) is 6.04 Å². The lowest BCUT2D eigenvalue weighted by atomic mass is 10.1. The van der Waals surface area contributed by atoms with Gasteiger partial charge < -0.3 is 5.32 Å². The minimum atomic E-state index is -0.145. The molecule has 0 amide bonds. The van der Waals surface area contributed by atoms with Gasteiger partial charge in [0, 0.05) is 15.6 Å². The zero-order chi connectivity index (χ0) is 15.1. The molecule has 0 aliphatic carbocycles. The molecule has 21 heavy (non-hydrogen) atoms. The quantitative estimate of drug-likeness (QED) is 0.556. The first-order valence-corrected chi connectivity index (χ1v) is 8.98. The van der Waals surface area contributed by atoms with Crippen LogP contribution in [-0.4, -0.2) is 6.54 Å². The van der Waals surface area contributed by atoms with Gasteiger partial charge in [0.05, 0.1) is 0 Å². The highest BCUT2D eigenvalue weighted by Gasteiger charge is 2.14. The minimum Gasteiger partial charge on any atom is -0.309 e. The van der Waals surface area contributed by atoms with Gasteiger partial charge in [0.1, 0.15) is 5.82 Å². The molecule has 1 aromatic heterocycles. The second-order valence-corrected chi connectivity index (χ2v) is 6.80. The number of fused-ring (bicyclic) bond motifs is 1. The van der Waals surface area contributed by atoms with E-state index < -0.39 is 0 Å². The molecule has 0 aliphatic rings. The third-order valence-corrected chi connectivity index (χ3v) is 5.06. The second-order valence-electron chi connectivity index (χ2n) is 5.69. The van der Waals surface area contributed by atoms with Crippen molar-refractivity contribution in [2.24, 2.45) is 0 Å². The number of thiophene rings is 1. The van der Waals surface area contributed by atoms with Crippen LogP contribution in [0.1, 0.15) is 63.3 Å². The van der Waals surface area contributed by atoms with Gasteiger partial charge in [-0.05, 0) is 49.0 Å². The molecule has 1 atom stereocenters. The Bertz CT molecular complexity index is 549. The summed E-state index contributed by atoms with van der Waals surface area (Å²) in [6, 6.07) is 7.67. The normalized spacial score (nSPS) is 12.9. The number of nitrogens with one attached hydrogen (secondary N) is 1. The van der Waals surface area contributed by atoms with Gasteiger partial charge in [-0.2, -0.15) is 0 Å². The Labute approximate surface area is 131 Å². The van der Waals surface area contributed by atoms with Crippen LogP contribution in [0.3, 0.4) is 0 Å². The van der Waals surface area contributed by atoms with Crippen molar-refractivity contribution in [1.29, 1.82) is 0 Å². The van der Waals surface area contributed by atoms with Crippen LogP contribution in [0.25, 0.3) is 10.1 Å². The summed E-state index contributed by atoms with van der Waals surface area (Å²) in [5, 5.41) is 4.69. The maximum atomic E-state index is 13.3. The van der Waals surface area contributed by atoms with Gasteiger partial charge in [0.15, 0.2) is 0 Å². The molecular weight excluding hydrogens is 281 g/mol. The zero-order valence-electron chi connectivity index (χ0n) is 13.1. The highest BCUT2D eigenvalue weighted by molar-refractivity contribution is 7.19. The van der Waals surface area contributed by atoms with Crippen LogP contribution in [-0.2, 0) is 0 Å². The highest BCUT2D eigenvalue weighted by Crippen LogP contribution is 2.32. The van der Waals surface area contributed by atoms with Gasteiger partial charge in [0.25, 0.3) is 0 Å². The Morgan fingerprint density at radius 2 is 1.95 bits per heavy atom. The van der Waals surface area contributed by atoms with Crippen molar-refractivity contribution in [3.05, 3.63) is 35.0 Å². The van der Waals surface area contributed by atoms with Gasteiger partial charge in [0.2, 0.25) is 0 Å². The van der Waals surface area contributed by atoms with Crippen molar-refractivity contribution in [1.82, 2.24) is 5.32 Å². The van der Waals surface area contributed by atoms with Crippen molar-refractivity contribution in [2.75, 3.05) is 6.54 Å². The van der Waals surface area contributed by atoms with E-state index in [4.69, 9.17) is 0 Å². The Morgan fingerprint density at radius 3 is 2.71 bits per heavy atom. The van der Waals surface area contributed by atoms with Crippen LogP contribution in [0.2, 0.25) is 0 Å². The summed E-state index contributed by atoms with van der Waals surface area (Å²) in [6.45, 7) is 5.48. The average Bonchev–Trinajstić information content (AvgIpc) is 2.89.